The van der Waals surface area contributed by atoms with Crippen molar-refractivity contribution in [2.75, 3.05) is 25.7 Å². The van der Waals surface area contributed by atoms with E-state index in [1.54, 1.807) is 30.7 Å². The first-order chi connectivity index (χ1) is 12.7. The smallest absolute Gasteiger partial charge is 0.212 e. The first kappa shape index (κ1) is 19.1. The van der Waals surface area contributed by atoms with Crippen LogP contribution in [0.25, 0.3) is 11.4 Å². The molecule has 2 heterocycles. The summed E-state index contributed by atoms with van der Waals surface area (Å²) in [5.41, 5.74) is 9.30. The number of benzene rings is 2. The van der Waals surface area contributed by atoms with Gasteiger partial charge in [-0.3, -0.25) is 0 Å². The third-order valence-electron chi connectivity index (χ3n) is 4.02. The van der Waals surface area contributed by atoms with Crippen molar-refractivity contribution in [3.63, 3.8) is 0 Å². The zero-order valence-corrected chi connectivity index (χ0v) is 16.4. The van der Waals surface area contributed by atoms with Gasteiger partial charge in [-0.2, -0.15) is 9.78 Å². The molecule has 140 valence electrons. The molecule has 0 atom stereocenters. The molecule has 0 aliphatic carbocycles. The number of hydrogen-bond acceptors (Lipinski definition) is 7. The summed E-state index contributed by atoms with van der Waals surface area (Å²) in [7, 11) is 3.23. The number of nitrogen functional groups attached to an aromatic ring is 1. The van der Waals surface area contributed by atoms with Gasteiger partial charge in [0.05, 0.1) is 19.9 Å². The number of nitrogens with zero attached hydrogens (tertiary/aromatic N) is 4. The van der Waals surface area contributed by atoms with Crippen LogP contribution in [0, 0.1) is 0 Å². The Morgan fingerprint density at radius 1 is 0.963 bits per heavy atom. The lowest BCUT2D eigenvalue weighted by atomic mass is 10.1. The Morgan fingerprint density at radius 2 is 1.63 bits per heavy atom. The maximum Gasteiger partial charge on any atom is 0.212 e. The van der Waals surface area contributed by atoms with E-state index in [1.807, 2.05) is 42.5 Å². The lowest BCUT2D eigenvalue weighted by molar-refractivity contribution is 0.394. The maximum absolute atomic E-state index is 5.78. The molecule has 0 unspecified atom stereocenters. The zero-order chi connectivity index (χ0) is 18.1. The number of aromatic nitrogens is 3. The van der Waals surface area contributed by atoms with Crippen LogP contribution in [0.1, 0.15) is 5.56 Å². The van der Waals surface area contributed by atoms with Crippen molar-refractivity contribution in [1.29, 1.82) is 0 Å². The third-order valence-corrected chi connectivity index (χ3v) is 4.95. The molecular weight excluding hydrogens is 386 g/mol. The van der Waals surface area contributed by atoms with Gasteiger partial charge in [0.15, 0.2) is 5.82 Å². The lowest BCUT2D eigenvalue weighted by Gasteiger charge is -2.14. The minimum atomic E-state index is 0. The van der Waals surface area contributed by atoms with Crippen molar-refractivity contribution in [2.24, 2.45) is 5.10 Å². The number of ether oxygens (including phenoxy) is 2. The van der Waals surface area contributed by atoms with Crippen LogP contribution < -0.4 is 15.2 Å². The van der Waals surface area contributed by atoms with Crippen LogP contribution in [0.3, 0.4) is 0 Å². The second kappa shape index (κ2) is 7.89. The number of thioether (sulfide) groups is 1. The molecule has 1 aliphatic rings. The molecule has 1 aromatic heterocycles. The van der Waals surface area contributed by atoms with E-state index in [2.05, 4.69) is 10.2 Å². The molecule has 2 N–H and O–H groups in total. The molecule has 0 saturated carbocycles. The molecule has 4 rings (SSSR count). The standard InChI is InChI=1S/C18H17N5O2S.ClH/c1-24-14-7-12(8-15(9-14)25-2)17-20-21-18-23(17)22-16(10-26-18)11-3-5-13(19)6-4-11;/h3-9H,10,19H2,1-2H3;1H. The summed E-state index contributed by atoms with van der Waals surface area (Å²) in [6.07, 6.45) is 0. The predicted octanol–water partition coefficient (Wildman–Crippen LogP) is 3.32. The molecule has 0 bridgehead atoms. The van der Waals surface area contributed by atoms with Crippen LogP contribution in [0.4, 0.5) is 5.69 Å². The molecule has 0 spiro atoms. The van der Waals surface area contributed by atoms with E-state index in [-0.39, 0.29) is 12.4 Å². The van der Waals surface area contributed by atoms with Crippen LogP contribution in [-0.4, -0.2) is 40.6 Å². The Balaban J connectivity index is 0.00000210. The summed E-state index contributed by atoms with van der Waals surface area (Å²) >= 11 is 1.60. The fourth-order valence-corrected chi connectivity index (χ4v) is 3.50. The third kappa shape index (κ3) is 3.72. The fourth-order valence-electron chi connectivity index (χ4n) is 2.66. The molecule has 0 fully saturated rings. The second-order valence-corrected chi connectivity index (χ2v) is 6.62. The Morgan fingerprint density at radius 3 is 2.26 bits per heavy atom. The Hall–Kier alpha value is -2.71. The summed E-state index contributed by atoms with van der Waals surface area (Å²) in [5, 5.41) is 14.1. The summed E-state index contributed by atoms with van der Waals surface area (Å²) in [6, 6.07) is 13.3. The van der Waals surface area contributed by atoms with E-state index < -0.39 is 0 Å². The van der Waals surface area contributed by atoms with Crippen molar-refractivity contribution >= 4 is 35.6 Å². The number of fused-ring (bicyclic) bond motifs is 1. The minimum Gasteiger partial charge on any atom is -0.497 e. The highest BCUT2D eigenvalue weighted by Crippen LogP contribution is 2.32. The highest BCUT2D eigenvalue weighted by Gasteiger charge is 2.21. The van der Waals surface area contributed by atoms with Crippen LogP contribution in [0.15, 0.2) is 52.7 Å². The SMILES string of the molecule is COc1cc(OC)cc(-c2nnc3n2N=C(c2ccc(N)cc2)CS3)c1.Cl. The van der Waals surface area contributed by atoms with Crippen LogP contribution in [-0.2, 0) is 0 Å². The van der Waals surface area contributed by atoms with Crippen LogP contribution >= 0.6 is 24.2 Å². The second-order valence-electron chi connectivity index (χ2n) is 5.68. The topological polar surface area (TPSA) is 87.5 Å². The highest BCUT2D eigenvalue weighted by molar-refractivity contribution is 7.99. The van der Waals surface area contributed by atoms with Gasteiger partial charge in [-0.25, -0.2) is 0 Å². The molecule has 3 aromatic rings. The normalized spacial score (nSPS) is 12.6. The van der Waals surface area contributed by atoms with Crippen LogP contribution in [0.2, 0.25) is 0 Å². The number of hydrogen-bond donors (Lipinski definition) is 1. The van der Waals surface area contributed by atoms with Gasteiger partial charge in [0.25, 0.3) is 0 Å². The van der Waals surface area contributed by atoms with Crippen molar-refractivity contribution in [3.05, 3.63) is 48.0 Å². The Labute approximate surface area is 167 Å². The average molecular weight is 404 g/mol. The molecule has 27 heavy (non-hydrogen) atoms. The van der Waals surface area contributed by atoms with Gasteiger partial charge in [0.1, 0.15) is 11.5 Å². The van der Waals surface area contributed by atoms with Gasteiger partial charge in [0.2, 0.25) is 5.16 Å². The highest BCUT2D eigenvalue weighted by atomic mass is 35.5. The number of rotatable bonds is 4. The van der Waals surface area contributed by atoms with Crippen molar-refractivity contribution in [1.82, 2.24) is 14.9 Å². The molecule has 0 amide bonds. The number of methoxy groups -OCH3 is 2. The molecular formula is C18H18ClN5O2S. The Bertz CT molecular complexity index is 966. The van der Waals surface area contributed by atoms with E-state index in [4.69, 9.17) is 20.3 Å². The summed E-state index contributed by atoms with van der Waals surface area (Å²) in [6.45, 7) is 0. The number of nitrogens with two attached hydrogens (primary N) is 1. The summed E-state index contributed by atoms with van der Waals surface area (Å²) in [5.74, 6) is 2.73. The van der Waals surface area contributed by atoms with E-state index in [9.17, 15) is 0 Å². The van der Waals surface area contributed by atoms with Gasteiger partial charge in [-0.15, -0.1) is 22.6 Å². The average Bonchev–Trinajstić information content (AvgIpc) is 3.11. The first-order valence-electron chi connectivity index (χ1n) is 7.93. The first-order valence-corrected chi connectivity index (χ1v) is 8.92. The van der Waals surface area contributed by atoms with E-state index in [0.29, 0.717) is 17.3 Å². The maximum atomic E-state index is 5.78. The molecule has 7 nitrogen and oxygen atoms in total. The molecule has 9 heteroatoms. The molecule has 0 radical (unpaired) electrons. The molecule has 1 aliphatic heterocycles. The monoisotopic (exact) mass is 403 g/mol. The van der Waals surface area contributed by atoms with Crippen molar-refractivity contribution in [2.45, 2.75) is 5.16 Å². The summed E-state index contributed by atoms with van der Waals surface area (Å²) < 4.78 is 12.5. The zero-order valence-electron chi connectivity index (χ0n) is 14.7. The minimum absolute atomic E-state index is 0. The van der Waals surface area contributed by atoms with E-state index >= 15 is 0 Å². The van der Waals surface area contributed by atoms with Crippen molar-refractivity contribution < 1.29 is 9.47 Å². The summed E-state index contributed by atoms with van der Waals surface area (Å²) in [4.78, 5) is 0. The number of anilines is 1. The lowest BCUT2D eigenvalue weighted by Crippen LogP contribution is -2.13. The van der Waals surface area contributed by atoms with Gasteiger partial charge in [0, 0.05) is 23.1 Å². The van der Waals surface area contributed by atoms with Gasteiger partial charge >= 0.3 is 0 Å². The van der Waals surface area contributed by atoms with Crippen LogP contribution in [0.5, 0.6) is 11.5 Å². The Kier molecular flexibility index (Phi) is 5.57. The number of halogens is 1. The van der Waals surface area contributed by atoms with Crippen molar-refractivity contribution in [3.8, 4) is 22.9 Å². The quantitative estimate of drug-likeness (QED) is 0.672. The molecule has 0 saturated heterocycles. The predicted molar refractivity (Wildman–Crippen MR) is 109 cm³/mol. The largest absolute Gasteiger partial charge is 0.497 e. The van der Waals surface area contributed by atoms with Gasteiger partial charge in [-0.1, -0.05) is 23.9 Å². The van der Waals surface area contributed by atoms with E-state index in [1.165, 1.54) is 0 Å². The fraction of sp³-hybridized carbons (Fsp3) is 0.167. The van der Waals surface area contributed by atoms with Gasteiger partial charge in [-0.05, 0) is 29.8 Å². The van der Waals surface area contributed by atoms with Gasteiger partial charge < -0.3 is 15.2 Å². The van der Waals surface area contributed by atoms with E-state index in [0.717, 1.165) is 33.4 Å². The molecule has 2 aromatic carbocycles.